The van der Waals surface area contributed by atoms with Crippen LogP contribution in [-0.2, 0) is 11.2 Å². The lowest BCUT2D eigenvalue weighted by Gasteiger charge is -2.33. The summed E-state index contributed by atoms with van der Waals surface area (Å²) < 4.78 is 5.77. The number of morpholine rings is 1. The van der Waals surface area contributed by atoms with E-state index < -0.39 is 11.5 Å². The van der Waals surface area contributed by atoms with Gasteiger partial charge in [-0.2, -0.15) is 0 Å². The molecule has 3 rings (SSSR count). The summed E-state index contributed by atoms with van der Waals surface area (Å²) in [6, 6.07) is 8.90. The van der Waals surface area contributed by atoms with Crippen LogP contribution in [0.4, 0.5) is 0 Å². The highest BCUT2D eigenvalue weighted by Crippen LogP contribution is 2.20. The highest BCUT2D eigenvalue weighted by Gasteiger charge is 2.27. The van der Waals surface area contributed by atoms with Crippen molar-refractivity contribution in [2.24, 2.45) is 0 Å². The van der Waals surface area contributed by atoms with Gasteiger partial charge in [0.15, 0.2) is 5.78 Å². The van der Waals surface area contributed by atoms with Crippen molar-refractivity contribution in [3.8, 4) is 0 Å². The molecule has 7 heteroatoms. The summed E-state index contributed by atoms with van der Waals surface area (Å²) in [6.45, 7) is 4.17. The number of carbonyl (C=O) groups is 2. The van der Waals surface area contributed by atoms with Gasteiger partial charge in [-0.05, 0) is 31.5 Å². The molecule has 1 unspecified atom stereocenters. The number of H-pyrrole nitrogens is 1. The van der Waals surface area contributed by atoms with Crippen molar-refractivity contribution in [2.75, 3.05) is 19.7 Å². The van der Waals surface area contributed by atoms with Gasteiger partial charge in [0.05, 0.1) is 12.7 Å². The number of aryl methyl sites for hydroxylation is 1. The molecule has 1 saturated heterocycles. The molecule has 1 fully saturated rings. The summed E-state index contributed by atoms with van der Waals surface area (Å²) >= 11 is 6.21. The summed E-state index contributed by atoms with van der Waals surface area (Å²) in [4.78, 5) is 41.1. The van der Waals surface area contributed by atoms with E-state index in [1.165, 1.54) is 13.0 Å². The van der Waals surface area contributed by atoms with Crippen LogP contribution in [0.3, 0.4) is 0 Å². The molecule has 1 atom stereocenters. The normalized spacial score (nSPS) is 17.0. The quantitative estimate of drug-likeness (QED) is 0.816. The molecule has 142 valence electrons. The molecule has 1 amide bonds. The monoisotopic (exact) mass is 388 g/mol. The molecule has 0 aliphatic carbocycles. The van der Waals surface area contributed by atoms with Gasteiger partial charge in [0.2, 0.25) is 0 Å². The molecule has 27 heavy (non-hydrogen) atoms. The van der Waals surface area contributed by atoms with Crippen molar-refractivity contribution in [2.45, 2.75) is 26.4 Å². The van der Waals surface area contributed by atoms with Crippen LogP contribution in [0.25, 0.3) is 0 Å². The van der Waals surface area contributed by atoms with Crippen LogP contribution in [0.1, 0.15) is 38.9 Å². The number of ether oxygens (including phenoxy) is 1. The number of hydrogen-bond donors (Lipinski definition) is 1. The Hall–Kier alpha value is -2.44. The number of ketones is 1. The van der Waals surface area contributed by atoms with Crippen LogP contribution in [0, 0.1) is 6.92 Å². The zero-order chi connectivity index (χ0) is 19.6. The molecule has 1 aliphatic heterocycles. The summed E-state index contributed by atoms with van der Waals surface area (Å²) in [5.41, 5.74) is 1.24. The van der Waals surface area contributed by atoms with Crippen LogP contribution in [-0.4, -0.2) is 47.4 Å². The lowest BCUT2D eigenvalue weighted by atomic mass is 10.0. The Labute approximate surface area is 162 Å². The van der Waals surface area contributed by atoms with Gasteiger partial charge in [-0.25, -0.2) is 0 Å². The van der Waals surface area contributed by atoms with E-state index in [2.05, 4.69) is 4.98 Å². The highest BCUT2D eigenvalue weighted by molar-refractivity contribution is 6.31. The van der Waals surface area contributed by atoms with E-state index >= 15 is 0 Å². The van der Waals surface area contributed by atoms with Crippen molar-refractivity contribution < 1.29 is 14.3 Å². The van der Waals surface area contributed by atoms with Crippen molar-refractivity contribution in [1.29, 1.82) is 0 Å². The Morgan fingerprint density at radius 3 is 2.74 bits per heavy atom. The lowest BCUT2D eigenvalue weighted by molar-refractivity contribution is -0.0208. The largest absolute Gasteiger partial charge is 0.374 e. The molecule has 0 spiro atoms. The highest BCUT2D eigenvalue weighted by atomic mass is 35.5. The molecule has 1 aromatic heterocycles. The third-order valence-electron chi connectivity index (χ3n) is 4.68. The van der Waals surface area contributed by atoms with Crippen molar-refractivity contribution >= 4 is 23.3 Å². The number of halogens is 1. The second-order valence-corrected chi connectivity index (χ2v) is 7.05. The first-order valence-electron chi connectivity index (χ1n) is 8.76. The molecule has 2 aromatic rings. The van der Waals surface area contributed by atoms with Crippen molar-refractivity contribution in [3.05, 3.63) is 68.1 Å². The summed E-state index contributed by atoms with van der Waals surface area (Å²) in [5.74, 6) is -0.595. The number of aromatic nitrogens is 1. The van der Waals surface area contributed by atoms with Gasteiger partial charge in [0.25, 0.3) is 11.5 Å². The molecule has 0 saturated carbocycles. The Kier molecular flexibility index (Phi) is 5.77. The van der Waals surface area contributed by atoms with E-state index in [0.29, 0.717) is 42.4 Å². The molecular weight excluding hydrogens is 368 g/mol. The number of benzene rings is 1. The Bertz CT molecular complexity index is 938. The minimum atomic E-state index is -0.489. The topological polar surface area (TPSA) is 79.5 Å². The zero-order valence-electron chi connectivity index (χ0n) is 15.3. The summed E-state index contributed by atoms with van der Waals surface area (Å²) in [6.07, 6.45) is 0.367. The third kappa shape index (κ3) is 4.28. The average Bonchev–Trinajstić information content (AvgIpc) is 2.63. The zero-order valence-corrected chi connectivity index (χ0v) is 16.0. The molecule has 1 aliphatic rings. The van der Waals surface area contributed by atoms with Crippen LogP contribution >= 0.6 is 11.6 Å². The van der Waals surface area contributed by atoms with Crippen LogP contribution in [0.15, 0.2) is 35.1 Å². The SMILES string of the molecule is CC(=O)c1cc(C(=O)N2CCOC(Cc3ccccc3Cl)C2)c(=O)[nH]c1C. The van der Waals surface area contributed by atoms with Gasteiger partial charge in [0.1, 0.15) is 5.56 Å². The molecule has 1 N–H and O–H groups in total. The second-order valence-electron chi connectivity index (χ2n) is 6.65. The second kappa shape index (κ2) is 8.06. The molecule has 0 radical (unpaired) electrons. The first kappa shape index (κ1) is 19.3. The maximum Gasteiger partial charge on any atom is 0.261 e. The number of pyridine rings is 1. The number of rotatable bonds is 4. The Balaban J connectivity index is 1.79. The fourth-order valence-electron chi connectivity index (χ4n) is 3.25. The average molecular weight is 389 g/mol. The van der Waals surface area contributed by atoms with Gasteiger partial charge in [0, 0.05) is 35.8 Å². The predicted molar refractivity (Wildman–Crippen MR) is 103 cm³/mol. The standard InChI is InChI=1S/C20H21ClN2O4/c1-12-16(13(2)24)10-17(19(25)22-12)20(26)23-7-8-27-15(11-23)9-14-5-3-4-6-18(14)21/h3-6,10,15H,7-9,11H2,1-2H3,(H,22,25). The maximum absolute atomic E-state index is 12.9. The van der Waals surface area contributed by atoms with E-state index in [0.717, 1.165) is 5.56 Å². The van der Waals surface area contributed by atoms with Crippen molar-refractivity contribution in [3.63, 3.8) is 0 Å². The first-order valence-corrected chi connectivity index (χ1v) is 9.13. The first-order chi connectivity index (χ1) is 12.9. The number of Topliss-reactive ketones (excluding diaryl/α,β-unsaturated/α-hetero) is 1. The number of amides is 1. The minimum absolute atomic E-state index is 0.0239. The Morgan fingerprint density at radius 2 is 2.04 bits per heavy atom. The van der Waals surface area contributed by atoms with E-state index in [9.17, 15) is 14.4 Å². The summed E-state index contributed by atoms with van der Waals surface area (Å²) in [7, 11) is 0. The fraction of sp³-hybridized carbons (Fsp3) is 0.350. The summed E-state index contributed by atoms with van der Waals surface area (Å²) in [5, 5.41) is 0.658. The molecule has 1 aromatic carbocycles. The fourth-order valence-corrected chi connectivity index (χ4v) is 3.47. The predicted octanol–water partition coefficient (Wildman–Crippen LogP) is 2.62. The van der Waals surface area contributed by atoms with E-state index in [-0.39, 0.29) is 17.5 Å². The van der Waals surface area contributed by atoms with Gasteiger partial charge in [-0.1, -0.05) is 29.8 Å². The van der Waals surface area contributed by atoms with E-state index in [4.69, 9.17) is 16.3 Å². The minimum Gasteiger partial charge on any atom is -0.374 e. The van der Waals surface area contributed by atoms with Gasteiger partial charge >= 0.3 is 0 Å². The number of aromatic amines is 1. The number of hydrogen-bond acceptors (Lipinski definition) is 4. The number of nitrogens with one attached hydrogen (secondary N) is 1. The van der Waals surface area contributed by atoms with E-state index in [1.807, 2.05) is 24.3 Å². The number of carbonyl (C=O) groups excluding carboxylic acids is 2. The van der Waals surface area contributed by atoms with Crippen LogP contribution in [0.5, 0.6) is 0 Å². The molecule has 2 heterocycles. The third-order valence-corrected chi connectivity index (χ3v) is 5.05. The van der Waals surface area contributed by atoms with Crippen LogP contribution in [0.2, 0.25) is 5.02 Å². The lowest BCUT2D eigenvalue weighted by Crippen LogP contribution is -2.47. The van der Waals surface area contributed by atoms with Crippen molar-refractivity contribution in [1.82, 2.24) is 9.88 Å². The van der Waals surface area contributed by atoms with E-state index in [1.54, 1.807) is 11.8 Å². The van der Waals surface area contributed by atoms with Crippen LogP contribution < -0.4 is 5.56 Å². The molecule has 6 nitrogen and oxygen atoms in total. The molecular formula is C20H21ClN2O4. The Morgan fingerprint density at radius 1 is 1.30 bits per heavy atom. The van der Waals surface area contributed by atoms with Gasteiger partial charge < -0.3 is 14.6 Å². The van der Waals surface area contributed by atoms with Gasteiger partial charge in [-0.3, -0.25) is 14.4 Å². The van der Waals surface area contributed by atoms with Gasteiger partial charge in [-0.15, -0.1) is 0 Å². The number of nitrogens with zero attached hydrogens (tertiary/aromatic N) is 1. The molecule has 0 bridgehead atoms. The smallest absolute Gasteiger partial charge is 0.261 e. The maximum atomic E-state index is 12.9.